The Bertz CT molecular complexity index is 552. The lowest BCUT2D eigenvalue weighted by Gasteiger charge is -2.33. The number of nitrogens with two attached hydrogens (primary N) is 1. The van der Waals surface area contributed by atoms with Gasteiger partial charge in [0.25, 0.3) is 0 Å². The topological polar surface area (TPSA) is 56.7 Å². The lowest BCUT2D eigenvalue weighted by atomic mass is 9.80. The van der Waals surface area contributed by atoms with Crippen LogP contribution in [0.15, 0.2) is 18.3 Å². The van der Waals surface area contributed by atoms with Gasteiger partial charge in [-0.25, -0.2) is 9.97 Å². The van der Waals surface area contributed by atoms with Crippen LogP contribution in [0, 0.1) is 0 Å². The first-order valence-corrected chi connectivity index (χ1v) is 6.73. The average molecular weight is 244 g/mol. The second-order valence-electron chi connectivity index (χ2n) is 5.53. The fourth-order valence-electron chi connectivity index (χ4n) is 2.98. The first kappa shape index (κ1) is 11.7. The van der Waals surface area contributed by atoms with Gasteiger partial charge in [0.1, 0.15) is 11.3 Å². The predicted molar refractivity (Wildman–Crippen MR) is 72.2 cm³/mol. The van der Waals surface area contributed by atoms with E-state index in [1.807, 2.05) is 25.4 Å². The maximum absolute atomic E-state index is 6.51. The minimum Gasteiger partial charge on any atom is -0.325 e. The van der Waals surface area contributed by atoms with E-state index in [1.54, 1.807) is 0 Å². The highest BCUT2D eigenvalue weighted by Gasteiger charge is 2.29. The summed E-state index contributed by atoms with van der Waals surface area (Å²) < 4.78 is 2.08. The van der Waals surface area contributed by atoms with Crippen molar-refractivity contribution in [2.75, 3.05) is 0 Å². The zero-order valence-electron chi connectivity index (χ0n) is 10.9. The first-order chi connectivity index (χ1) is 8.68. The molecule has 0 amide bonds. The third kappa shape index (κ3) is 2.01. The van der Waals surface area contributed by atoms with E-state index in [2.05, 4.69) is 14.5 Å². The molecule has 0 aromatic carbocycles. The number of rotatable bonds is 2. The van der Waals surface area contributed by atoms with Gasteiger partial charge in [-0.3, -0.25) is 0 Å². The predicted octanol–water partition coefficient (Wildman–Crippen LogP) is 2.17. The summed E-state index contributed by atoms with van der Waals surface area (Å²) in [4.78, 5) is 9.05. The highest BCUT2D eigenvalue weighted by Crippen LogP contribution is 2.29. The van der Waals surface area contributed by atoms with Gasteiger partial charge in [0, 0.05) is 25.2 Å². The van der Waals surface area contributed by atoms with Crippen molar-refractivity contribution in [2.45, 2.75) is 44.1 Å². The Morgan fingerprint density at radius 2 is 2.11 bits per heavy atom. The minimum absolute atomic E-state index is 0.0621. The maximum atomic E-state index is 6.51. The van der Waals surface area contributed by atoms with Crippen LogP contribution in [-0.4, -0.2) is 20.1 Å². The van der Waals surface area contributed by atoms with E-state index in [9.17, 15) is 0 Å². The second-order valence-corrected chi connectivity index (χ2v) is 5.53. The van der Waals surface area contributed by atoms with E-state index in [0.29, 0.717) is 0 Å². The van der Waals surface area contributed by atoms with E-state index >= 15 is 0 Å². The van der Waals surface area contributed by atoms with Crippen LogP contribution in [0.1, 0.15) is 37.9 Å². The Hall–Kier alpha value is -1.42. The Kier molecular flexibility index (Phi) is 2.82. The third-order valence-corrected chi connectivity index (χ3v) is 4.08. The summed E-state index contributed by atoms with van der Waals surface area (Å²) in [6, 6.07) is 3.94. The molecule has 0 bridgehead atoms. The molecular weight excluding hydrogens is 224 g/mol. The molecule has 2 heterocycles. The largest absolute Gasteiger partial charge is 0.325 e. The molecule has 1 saturated carbocycles. The van der Waals surface area contributed by atoms with Crippen molar-refractivity contribution in [2.24, 2.45) is 12.8 Å². The van der Waals surface area contributed by atoms with Crippen LogP contribution >= 0.6 is 0 Å². The molecule has 2 N–H and O–H groups in total. The lowest BCUT2D eigenvalue weighted by Crippen LogP contribution is -2.44. The molecule has 2 aromatic heterocycles. The maximum Gasteiger partial charge on any atom is 0.159 e. The van der Waals surface area contributed by atoms with Gasteiger partial charge in [-0.1, -0.05) is 19.3 Å². The number of nitrogens with zero attached hydrogens (tertiary/aromatic N) is 3. The molecule has 3 rings (SSSR count). The fourth-order valence-corrected chi connectivity index (χ4v) is 2.98. The van der Waals surface area contributed by atoms with Gasteiger partial charge in [-0.15, -0.1) is 0 Å². The molecule has 4 nitrogen and oxygen atoms in total. The molecule has 2 aromatic rings. The van der Waals surface area contributed by atoms with Crippen molar-refractivity contribution < 1.29 is 0 Å². The number of aryl methyl sites for hydroxylation is 1. The molecule has 0 unspecified atom stereocenters. The monoisotopic (exact) mass is 244 g/mol. The minimum atomic E-state index is -0.0621. The Morgan fingerprint density at radius 1 is 1.33 bits per heavy atom. The SMILES string of the molecule is Cn1c(CC2(N)CCCCC2)nc2cccnc21. The van der Waals surface area contributed by atoms with Gasteiger partial charge in [-0.05, 0) is 25.0 Å². The summed E-state index contributed by atoms with van der Waals surface area (Å²) in [6.07, 6.45) is 8.72. The van der Waals surface area contributed by atoms with Gasteiger partial charge < -0.3 is 10.3 Å². The Morgan fingerprint density at radius 3 is 2.83 bits per heavy atom. The smallest absolute Gasteiger partial charge is 0.159 e. The molecule has 0 atom stereocenters. The van der Waals surface area contributed by atoms with Crippen molar-refractivity contribution in [3.8, 4) is 0 Å². The molecular formula is C14H20N4. The normalized spacial score (nSPS) is 19.2. The molecule has 0 saturated heterocycles. The quantitative estimate of drug-likeness (QED) is 0.880. The first-order valence-electron chi connectivity index (χ1n) is 6.73. The zero-order chi connectivity index (χ0) is 12.6. The molecule has 18 heavy (non-hydrogen) atoms. The summed E-state index contributed by atoms with van der Waals surface area (Å²) >= 11 is 0. The average Bonchev–Trinajstić information content (AvgIpc) is 2.67. The number of imidazole rings is 1. The van der Waals surface area contributed by atoms with Crippen LogP contribution in [0.3, 0.4) is 0 Å². The van der Waals surface area contributed by atoms with Crippen LogP contribution in [-0.2, 0) is 13.5 Å². The molecule has 96 valence electrons. The summed E-state index contributed by atoms with van der Waals surface area (Å²) in [5, 5.41) is 0. The van der Waals surface area contributed by atoms with Crippen molar-refractivity contribution in [3.05, 3.63) is 24.2 Å². The van der Waals surface area contributed by atoms with Crippen LogP contribution < -0.4 is 5.73 Å². The summed E-state index contributed by atoms with van der Waals surface area (Å²) in [6.45, 7) is 0. The standard InChI is InChI=1S/C14H20N4/c1-18-12(10-14(15)7-3-2-4-8-14)17-11-6-5-9-16-13(11)18/h5-6,9H,2-4,7-8,10,15H2,1H3. The van der Waals surface area contributed by atoms with E-state index < -0.39 is 0 Å². The van der Waals surface area contributed by atoms with Crippen molar-refractivity contribution in [3.63, 3.8) is 0 Å². The molecule has 0 aliphatic heterocycles. The summed E-state index contributed by atoms with van der Waals surface area (Å²) in [7, 11) is 2.03. The number of pyridine rings is 1. The van der Waals surface area contributed by atoms with Crippen molar-refractivity contribution >= 4 is 11.2 Å². The van der Waals surface area contributed by atoms with Gasteiger partial charge in [0.05, 0.1) is 0 Å². The van der Waals surface area contributed by atoms with Crippen molar-refractivity contribution in [1.29, 1.82) is 0 Å². The number of hydrogen-bond donors (Lipinski definition) is 1. The van der Waals surface area contributed by atoms with Crippen LogP contribution in [0.5, 0.6) is 0 Å². The highest BCUT2D eigenvalue weighted by molar-refractivity contribution is 5.70. The van der Waals surface area contributed by atoms with Gasteiger partial charge >= 0.3 is 0 Å². The number of hydrogen-bond acceptors (Lipinski definition) is 3. The van der Waals surface area contributed by atoms with E-state index in [-0.39, 0.29) is 5.54 Å². The second kappa shape index (κ2) is 4.35. The van der Waals surface area contributed by atoms with Crippen molar-refractivity contribution in [1.82, 2.24) is 14.5 Å². The third-order valence-electron chi connectivity index (χ3n) is 4.08. The molecule has 0 radical (unpaired) electrons. The van der Waals surface area contributed by atoms with Gasteiger partial charge in [0.15, 0.2) is 5.65 Å². The van der Waals surface area contributed by atoms with Crippen LogP contribution in [0.4, 0.5) is 0 Å². The zero-order valence-corrected chi connectivity index (χ0v) is 10.9. The van der Waals surface area contributed by atoms with Crippen LogP contribution in [0.2, 0.25) is 0 Å². The Balaban J connectivity index is 1.92. The van der Waals surface area contributed by atoms with E-state index in [1.165, 1.54) is 19.3 Å². The Labute approximate surface area is 107 Å². The summed E-state index contributed by atoms with van der Waals surface area (Å²) in [5.74, 6) is 1.06. The van der Waals surface area contributed by atoms with Gasteiger partial charge in [-0.2, -0.15) is 0 Å². The molecule has 1 aliphatic carbocycles. The molecule has 0 spiro atoms. The molecule has 1 fully saturated rings. The van der Waals surface area contributed by atoms with Crippen LogP contribution in [0.25, 0.3) is 11.2 Å². The lowest BCUT2D eigenvalue weighted by molar-refractivity contribution is 0.288. The van der Waals surface area contributed by atoms with E-state index in [4.69, 9.17) is 5.73 Å². The summed E-state index contributed by atoms with van der Waals surface area (Å²) in [5.41, 5.74) is 8.36. The molecule has 1 aliphatic rings. The number of fused-ring (bicyclic) bond motifs is 1. The van der Waals surface area contributed by atoms with Gasteiger partial charge in [0.2, 0.25) is 0 Å². The van der Waals surface area contributed by atoms with E-state index in [0.717, 1.165) is 36.3 Å². The fraction of sp³-hybridized carbons (Fsp3) is 0.571. The molecule has 4 heteroatoms. The highest BCUT2D eigenvalue weighted by atomic mass is 15.1. The number of aromatic nitrogens is 3.